The van der Waals surface area contributed by atoms with Crippen LogP contribution in [0.5, 0.6) is 0 Å². The van der Waals surface area contributed by atoms with Crippen molar-refractivity contribution < 1.29 is 51.4 Å². The predicted octanol–water partition coefficient (Wildman–Crippen LogP) is -5.97. The van der Waals surface area contributed by atoms with Crippen molar-refractivity contribution in [2.24, 2.45) is 0 Å². The number of nitrogens with zero attached hydrogens (tertiary/aromatic N) is 1. The Bertz CT molecular complexity index is 521. The van der Waals surface area contributed by atoms with E-state index in [2.05, 4.69) is 10.2 Å². The molecule has 13 heteroatoms. The lowest BCUT2D eigenvalue weighted by molar-refractivity contribution is -0.769. The molecule has 1 amide bonds. The molecule has 3 aliphatic rings. The lowest BCUT2D eigenvalue weighted by Crippen LogP contribution is -3.00. The number of carbonyl (C=O) groups excluding carboxylic acids is 2. The maximum atomic E-state index is 11.9. The maximum Gasteiger partial charge on any atom is 0.325 e. The smallest absolute Gasteiger partial charge is 0.325 e. The van der Waals surface area contributed by atoms with E-state index in [1.54, 1.807) is 11.8 Å². The average Bonchev–Trinajstić information content (AvgIpc) is 3.25. The molecular weight excluding hydrogens is 382 g/mol. The molecule has 0 unspecified atom stereocenters. The lowest BCUT2D eigenvalue weighted by Gasteiger charge is -2.17. The van der Waals surface area contributed by atoms with Gasteiger partial charge in [0.05, 0.1) is 19.0 Å². The van der Waals surface area contributed by atoms with E-state index in [0.29, 0.717) is 5.75 Å². The number of quaternary nitrogens is 1. The molecule has 0 aliphatic carbocycles. The van der Waals surface area contributed by atoms with Gasteiger partial charge in [0, 0.05) is 0 Å². The first-order valence-electron chi connectivity index (χ1n) is 7.47. The summed E-state index contributed by atoms with van der Waals surface area (Å²) in [4.78, 5) is 38.6. The van der Waals surface area contributed by atoms with Crippen LogP contribution in [0.4, 0.5) is 0 Å². The molecule has 3 rings (SSSR count). The summed E-state index contributed by atoms with van der Waals surface area (Å²) in [7, 11) is 0. The Labute approximate surface area is 152 Å². The number of carbonyl (C=O) groups is 2. The fraction of sp³-hybridized carbons (Fsp3) is 0.833. The molecule has 3 heterocycles. The SMILES string of the molecule is O=C(CNC(=O)[C@@H]1CSC[NH2+]1)O[C@@H]1CO[C@H]2[C@@H]1OC[C@@H]2O[N+](=O)[O-].[Cl-]. The highest BCUT2D eigenvalue weighted by molar-refractivity contribution is 7.99. The average molecular weight is 400 g/mol. The third-order valence-corrected chi connectivity index (χ3v) is 5.03. The third kappa shape index (κ3) is 4.85. The zero-order valence-electron chi connectivity index (χ0n) is 13.0. The van der Waals surface area contributed by atoms with Gasteiger partial charge in [-0.3, -0.25) is 9.59 Å². The Morgan fingerprint density at radius 3 is 2.60 bits per heavy atom. The van der Waals surface area contributed by atoms with Crippen LogP contribution < -0.4 is 23.0 Å². The number of halogens is 1. The van der Waals surface area contributed by atoms with Crippen LogP contribution in [0, 0.1) is 10.1 Å². The van der Waals surface area contributed by atoms with Crippen LogP contribution in [0.3, 0.4) is 0 Å². The van der Waals surface area contributed by atoms with Crippen molar-refractivity contribution in [1.29, 1.82) is 0 Å². The van der Waals surface area contributed by atoms with Crippen molar-refractivity contribution in [2.45, 2.75) is 30.5 Å². The number of hydrogen-bond acceptors (Lipinski definition) is 9. The number of nitrogens with two attached hydrogens (primary N) is 1. The summed E-state index contributed by atoms with van der Waals surface area (Å²) in [6.07, 6.45) is -2.75. The molecule has 3 fully saturated rings. The van der Waals surface area contributed by atoms with Gasteiger partial charge in [-0.25, -0.2) is 0 Å². The molecule has 0 saturated carbocycles. The summed E-state index contributed by atoms with van der Waals surface area (Å²) in [6.45, 7) is -0.174. The highest BCUT2D eigenvalue weighted by Crippen LogP contribution is 2.30. The summed E-state index contributed by atoms with van der Waals surface area (Å²) < 4.78 is 16.0. The molecule has 0 aromatic carbocycles. The molecule has 0 aromatic rings. The number of rotatable bonds is 6. The number of ether oxygens (including phenoxy) is 3. The molecule has 0 radical (unpaired) electrons. The molecule has 3 saturated heterocycles. The predicted molar refractivity (Wildman–Crippen MR) is 77.3 cm³/mol. The summed E-state index contributed by atoms with van der Waals surface area (Å²) in [6, 6.07) is -0.180. The third-order valence-electron chi connectivity index (χ3n) is 4.01. The minimum absolute atomic E-state index is 0. The van der Waals surface area contributed by atoms with Crippen molar-refractivity contribution in [3.63, 3.8) is 0 Å². The first-order valence-corrected chi connectivity index (χ1v) is 8.62. The van der Waals surface area contributed by atoms with Crippen LogP contribution in [-0.2, 0) is 28.6 Å². The number of nitrogens with one attached hydrogen (secondary N) is 1. The quantitative estimate of drug-likeness (QED) is 0.253. The molecule has 3 N–H and O–H groups in total. The van der Waals surface area contributed by atoms with Crippen LogP contribution in [0.15, 0.2) is 0 Å². The molecular formula is C12H18ClN3O8S. The number of esters is 1. The number of fused-ring (bicyclic) bond motifs is 1. The standard InChI is InChI=1S/C12H17N3O8S.ClH/c16-9(1-13-12(17)6-4-24-5-14-6)22-7-2-20-11-8(23-15(18)19)3-21-10(7)11;/h6-8,10-11,14H,1-5H2,(H,13,17);1H/t6-,7+,8-,10+,11+;/m0./s1. The number of hydrogen-bond donors (Lipinski definition) is 2. The highest BCUT2D eigenvalue weighted by atomic mass is 35.5. The van der Waals surface area contributed by atoms with E-state index in [-0.39, 0.29) is 44.1 Å². The Kier molecular flexibility index (Phi) is 7.07. The van der Waals surface area contributed by atoms with E-state index in [9.17, 15) is 19.7 Å². The van der Waals surface area contributed by atoms with Gasteiger partial charge in [-0.2, -0.15) is 0 Å². The Balaban J connectivity index is 0.00000225. The first kappa shape index (κ1) is 20.0. The Morgan fingerprint density at radius 1 is 1.28 bits per heavy atom. The van der Waals surface area contributed by atoms with Crippen LogP contribution in [0.25, 0.3) is 0 Å². The van der Waals surface area contributed by atoms with Crippen molar-refractivity contribution in [3.8, 4) is 0 Å². The molecule has 142 valence electrons. The van der Waals surface area contributed by atoms with Gasteiger partial charge < -0.3 is 42.1 Å². The second-order valence-electron chi connectivity index (χ2n) is 5.59. The Morgan fingerprint density at radius 2 is 1.96 bits per heavy atom. The zero-order valence-corrected chi connectivity index (χ0v) is 14.6. The van der Waals surface area contributed by atoms with Gasteiger partial charge in [-0.05, 0) is 0 Å². The molecule has 3 aliphatic heterocycles. The topological polar surface area (TPSA) is 143 Å². The van der Waals surface area contributed by atoms with E-state index in [0.717, 1.165) is 5.88 Å². The molecule has 5 atom stereocenters. The van der Waals surface area contributed by atoms with Crippen LogP contribution in [0.1, 0.15) is 0 Å². The molecule has 11 nitrogen and oxygen atoms in total. The molecule has 0 aromatic heterocycles. The summed E-state index contributed by atoms with van der Waals surface area (Å²) in [5.74, 6) is 0.738. The van der Waals surface area contributed by atoms with Crippen molar-refractivity contribution in [3.05, 3.63) is 10.1 Å². The molecule has 0 bridgehead atoms. The first-order chi connectivity index (χ1) is 11.5. The van der Waals surface area contributed by atoms with Gasteiger partial charge >= 0.3 is 5.97 Å². The summed E-state index contributed by atoms with van der Waals surface area (Å²) in [5, 5.41) is 14.0. The number of amides is 1. The van der Waals surface area contributed by atoms with E-state index < -0.39 is 35.5 Å². The van der Waals surface area contributed by atoms with E-state index in [1.807, 2.05) is 5.32 Å². The van der Waals surface area contributed by atoms with Crippen molar-refractivity contribution in [2.75, 3.05) is 31.4 Å². The van der Waals surface area contributed by atoms with Gasteiger partial charge in [0.15, 0.2) is 18.2 Å². The lowest BCUT2D eigenvalue weighted by atomic mass is 10.1. The van der Waals surface area contributed by atoms with E-state index in [1.165, 1.54) is 0 Å². The van der Waals surface area contributed by atoms with Gasteiger partial charge in [0.1, 0.15) is 24.6 Å². The minimum atomic E-state index is -0.896. The van der Waals surface area contributed by atoms with Gasteiger partial charge in [-0.15, -0.1) is 10.1 Å². The fourth-order valence-electron chi connectivity index (χ4n) is 2.86. The van der Waals surface area contributed by atoms with Crippen LogP contribution in [-0.4, -0.2) is 78.8 Å². The fourth-order valence-corrected chi connectivity index (χ4v) is 3.91. The van der Waals surface area contributed by atoms with Crippen LogP contribution in [0.2, 0.25) is 0 Å². The zero-order chi connectivity index (χ0) is 17.1. The minimum Gasteiger partial charge on any atom is -1.00 e. The highest BCUT2D eigenvalue weighted by Gasteiger charge is 2.51. The van der Waals surface area contributed by atoms with Gasteiger partial charge in [0.25, 0.3) is 11.0 Å². The second kappa shape index (κ2) is 8.85. The molecule has 0 spiro atoms. The summed E-state index contributed by atoms with van der Waals surface area (Å²) in [5.41, 5.74) is 0. The van der Waals surface area contributed by atoms with Gasteiger partial charge in [-0.1, -0.05) is 11.8 Å². The number of thioether (sulfide) groups is 1. The second-order valence-corrected chi connectivity index (χ2v) is 6.66. The van der Waals surface area contributed by atoms with Crippen molar-refractivity contribution >= 4 is 23.6 Å². The Hall–Kier alpha value is -1.34. The normalized spacial score (nSPS) is 33.2. The largest absolute Gasteiger partial charge is 1.00 e. The van der Waals surface area contributed by atoms with Gasteiger partial charge in [0.2, 0.25) is 0 Å². The van der Waals surface area contributed by atoms with E-state index in [4.69, 9.17) is 14.2 Å². The van der Waals surface area contributed by atoms with Crippen molar-refractivity contribution in [1.82, 2.24) is 5.32 Å². The monoisotopic (exact) mass is 399 g/mol. The maximum absolute atomic E-state index is 11.9. The summed E-state index contributed by atoms with van der Waals surface area (Å²) >= 11 is 1.66. The van der Waals surface area contributed by atoms with E-state index >= 15 is 0 Å². The molecule has 25 heavy (non-hydrogen) atoms. The van der Waals surface area contributed by atoms with Crippen LogP contribution >= 0.6 is 11.8 Å².